The van der Waals surface area contributed by atoms with E-state index in [1.807, 2.05) is 31.2 Å². The first kappa shape index (κ1) is 24.1. The highest BCUT2D eigenvalue weighted by Gasteiger charge is 2.59. The highest BCUT2D eigenvalue weighted by atomic mass is 16.2. The monoisotopic (exact) mass is 487 g/mol. The minimum atomic E-state index is -1.12. The second-order valence-corrected chi connectivity index (χ2v) is 9.61. The maximum atomic E-state index is 13.9. The van der Waals surface area contributed by atoms with Gasteiger partial charge in [0.1, 0.15) is 0 Å². The number of aromatic amines is 1. The van der Waals surface area contributed by atoms with Gasteiger partial charge in [-0.25, -0.2) is 9.69 Å². The van der Waals surface area contributed by atoms with Gasteiger partial charge in [-0.05, 0) is 69.2 Å². The molecule has 2 aliphatic heterocycles. The van der Waals surface area contributed by atoms with Crippen LogP contribution in [0.4, 0.5) is 10.5 Å². The van der Waals surface area contributed by atoms with Crippen molar-refractivity contribution in [3.63, 3.8) is 0 Å². The zero-order valence-corrected chi connectivity index (χ0v) is 21.1. The first-order valence-electron chi connectivity index (χ1n) is 12.8. The van der Waals surface area contributed by atoms with E-state index in [9.17, 15) is 14.4 Å². The summed E-state index contributed by atoms with van der Waals surface area (Å²) in [5.74, 6) is -0.519. The van der Waals surface area contributed by atoms with Crippen LogP contribution < -0.4 is 10.2 Å². The molecule has 1 aromatic heterocycles. The molecule has 4 amide bonds. The van der Waals surface area contributed by atoms with E-state index in [4.69, 9.17) is 0 Å². The van der Waals surface area contributed by atoms with Crippen molar-refractivity contribution in [2.75, 3.05) is 37.6 Å². The summed E-state index contributed by atoms with van der Waals surface area (Å²) in [7, 11) is 0. The number of urea groups is 1. The summed E-state index contributed by atoms with van der Waals surface area (Å²) in [6, 6.07) is 14.4. The Morgan fingerprint density at radius 2 is 1.89 bits per heavy atom. The van der Waals surface area contributed by atoms with Crippen molar-refractivity contribution >= 4 is 34.4 Å². The number of para-hydroxylation sites is 1. The number of anilines is 1. The minimum Gasteiger partial charge on any atom is -0.356 e. The molecule has 2 aromatic carbocycles. The molecule has 3 heterocycles. The molecule has 1 unspecified atom stereocenters. The van der Waals surface area contributed by atoms with Crippen molar-refractivity contribution in [2.24, 2.45) is 0 Å². The van der Waals surface area contributed by atoms with Crippen LogP contribution in [-0.4, -0.2) is 65.4 Å². The molecule has 0 radical (unpaired) electrons. The first-order chi connectivity index (χ1) is 17.4. The molecule has 0 bridgehead atoms. The standard InChI is InChI=1S/C28H33N5O3/c1-4-31(5-2)16-9-15-29-25(34)19-10-8-11-20(18-19)33-26(35)28(3)24-22(14-17-32(28)27(33)36)21-12-6-7-13-23(21)30-24/h6-8,10-13,18,30H,4-5,9,14-17H2,1-3H3,(H,29,34). The number of hydrogen-bond donors (Lipinski definition) is 2. The van der Waals surface area contributed by atoms with Gasteiger partial charge in [0.25, 0.3) is 11.8 Å². The summed E-state index contributed by atoms with van der Waals surface area (Å²) in [6.07, 6.45) is 1.54. The number of fused-ring (bicyclic) bond motifs is 5. The number of H-pyrrole nitrogens is 1. The lowest BCUT2D eigenvalue weighted by Gasteiger charge is -2.35. The highest BCUT2D eigenvalue weighted by molar-refractivity contribution is 6.24. The average Bonchev–Trinajstić information content (AvgIpc) is 3.37. The van der Waals surface area contributed by atoms with Gasteiger partial charge in [-0.2, -0.15) is 0 Å². The van der Waals surface area contributed by atoms with Crippen LogP contribution in [-0.2, 0) is 16.8 Å². The molecule has 0 spiro atoms. The van der Waals surface area contributed by atoms with Gasteiger partial charge in [-0.1, -0.05) is 38.1 Å². The fourth-order valence-corrected chi connectivity index (χ4v) is 5.55. The van der Waals surface area contributed by atoms with Crippen LogP contribution in [0, 0.1) is 0 Å². The Morgan fingerprint density at radius 1 is 1.11 bits per heavy atom. The van der Waals surface area contributed by atoms with Gasteiger partial charge in [-0.15, -0.1) is 0 Å². The lowest BCUT2D eigenvalue weighted by atomic mass is 9.87. The SMILES string of the molecule is CCN(CC)CCCNC(=O)c1cccc(N2C(=O)N3CCc4c([nH]c5ccccc45)C3(C)C2=O)c1. The van der Waals surface area contributed by atoms with Gasteiger partial charge in [-0.3, -0.25) is 9.59 Å². The average molecular weight is 488 g/mol. The fourth-order valence-electron chi connectivity index (χ4n) is 5.55. The lowest BCUT2D eigenvalue weighted by molar-refractivity contribution is -0.125. The van der Waals surface area contributed by atoms with E-state index in [0.29, 0.717) is 30.8 Å². The van der Waals surface area contributed by atoms with E-state index < -0.39 is 5.54 Å². The summed E-state index contributed by atoms with van der Waals surface area (Å²) in [4.78, 5) is 48.8. The van der Waals surface area contributed by atoms with E-state index in [0.717, 1.165) is 48.2 Å². The Bertz CT molecular complexity index is 1330. The minimum absolute atomic E-state index is 0.211. The van der Waals surface area contributed by atoms with E-state index in [-0.39, 0.29) is 17.8 Å². The van der Waals surface area contributed by atoms with Gasteiger partial charge < -0.3 is 20.1 Å². The third kappa shape index (κ3) is 3.76. The molecule has 0 saturated carbocycles. The Hall–Kier alpha value is -3.65. The van der Waals surface area contributed by atoms with Crippen molar-refractivity contribution < 1.29 is 14.4 Å². The third-order valence-electron chi connectivity index (χ3n) is 7.67. The van der Waals surface area contributed by atoms with E-state index in [1.54, 1.807) is 29.2 Å². The van der Waals surface area contributed by atoms with Crippen molar-refractivity contribution in [2.45, 2.75) is 39.2 Å². The summed E-state index contributed by atoms with van der Waals surface area (Å²) in [5, 5.41) is 4.05. The van der Waals surface area contributed by atoms with Gasteiger partial charge in [0.15, 0.2) is 5.54 Å². The van der Waals surface area contributed by atoms with Crippen LogP contribution in [0.1, 0.15) is 48.8 Å². The maximum Gasteiger partial charge on any atom is 0.332 e. The Morgan fingerprint density at radius 3 is 2.67 bits per heavy atom. The predicted octanol–water partition coefficient (Wildman–Crippen LogP) is 3.87. The largest absolute Gasteiger partial charge is 0.356 e. The number of carbonyl (C=O) groups excluding carboxylic acids is 3. The van der Waals surface area contributed by atoms with Crippen LogP contribution >= 0.6 is 0 Å². The molecule has 188 valence electrons. The van der Waals surface area contributed by atoms with Crippen LogP contribution in [0.25, 0.3) is 10.9 Å². The lowest BCUT2D eigenvalue weighted by Crippen LogP contribution is -2.49. The van der Waals surface area contributed by atoms with Crippen molar-refractivity contribution in [1.82, 2.24) is 20.1 Å². The number of imide groups is 1. The number of carbonyl (C=O) groups is 3. The van der Waals surface area contributed by atoms with Crippen LogP contribution in [0.2, 0.25) is 0 Å². The summed E-state index contributed by atoms with van der Waals surface area (Å²) < 4.78 is 0. The molecule has 2 N–H and O–H groups in total. The first-order valence-corrected chi connectivity index (χ1v) is 12.8. The summed E-state index contributed by atoms with van der Waals surface area (Å²) in [6.45, 7) is 9.98. The molecule has 1 atom stereocenters. The van der Waals surface area contributed by atoms with Crippen molar-refractivity contribution in [3.8, 4) is 0 Å². The molecule has 1 fully saturated rings. The number of hydrogen-bond acceptors (Lipinski definition) is 4. The summed E-state index contributed by atoms with van der Waals surface area (Å²) >= 11 is 0. The van der Waals surface area contributed by atoms with Crippen molar-refractivity contribution in [3.05, 3.63) is 65.4 Å². The van der Waals surface area contributed by atoms with Crippen LogP contribution in [0.15, 0.2) is 48.5 Å². The van der Waals surface area contributed by atoms with Gasteiger partial charge in [0.2, 0.25) is 0 Å². The number of nitrogens with one attached hydrogen (secondary N) is 2. The normalized spacial score (nSPS) is 19.2. The third-order valence-corrected chi connectivity index (χ3v) is 7.67. The molecular weight excluding hydrogens is 454 g/mol. The fraction of sp³-hybridized carbons (Fsp3) is 0.393. The molecule has 2 aliphatic rings. The Kier molecular flexibility index (Phi) is 6.30. The number of aromatic nitrogens is 1. The zero-order valence-electron chi connectivity index (χ0n) is 21.1. The quantitative estimate of drug-likeness (QED) is 0.373. The second-order valence-electron chi connectivity index (χ2n) is 9.61. The Balaban J connectivity index is 1.38. The molecule has 36 heavy (non-hydrogen) atoms. The van der Waals surface area contributed by atoms with Crippen LogP contribution in [0.3, 0.4) is 0 Å². The van der Waals surface area contributed by atoms with E-state index >= 15 is 0 Å². The number of rotatable bonds is 8. The molecule has 8 heteroatoms. The van der Waals surface area contributed by atoms with Crippen molar-refractivity contribution in [1.29, 1.82) is 0 Å². The smallest absolute Gasteiger partial charge is 0.332 e. The molecule has 3 aromatic rings. The van der Waals surface area contributed by atoms with Gasteiger partial charge in [0.05, 0.1) is 11.4 Å². The molecule has 8 nitrogen and oxygen atoms in total. The number of nitrogens with zero attached hydrogens (tertiary/aromatic N) is 3. The zero-order chi connectivity index (χ0) is 25.4. The topological polar surface area (TPSA) is 88.8 Å². The predicted molar refractivity (Wildman–Crippen MR) is 140 cm³/mol. The molecular formula is C28H33N5O3. The van der Waals surface area contributed by atoms with Gasteiger partial charge >= 0.3 is 6.03 Å². The van der Waals surface area contributed by atoms with Gasteiger partial charge in [0, 0.05) is 29.6 Å². The highest BCUT2D eigenvalue weighted by Crippen LogP contribution is 2.45. The van der Waals surface area contributed by atoms with E-state index in [1.165, 1.54) is 4.90 Å². The maximum absolute atomic E-state index is 13.9. The van der Waals surface area contributed by atoms with E-state index in [2.05, 4.69) is 29.0 Å². The van der Waals surface area contributed by atoms with Crippen LogP contribution in [0.5, 0.6) is 0 Å². The number of benzene rings is 2. The number of amides is 4. The molecule has 1 saturated heterocycles. The second kappa shape index (κ2) is 9.43. The molecule has 5 rings (SSSR count). The summed E-state index contributed by atoms with van der Waals surface area (Å²) in [5.41, 5.74) is 2.55. The molecule has 0 aliphatic carbocycles. The Labute approximate surface area is 211 Å².